The van der Waals surface area contributed by atoms with Gasteiger partial charge in [0, 0.05) is 26.2 Å². The third kappa shape index (κ3) is 3.64. The van der Waals surface area contributed by atoms with Crippen LogP contribution in [0.3, 0.4) is 0 Å². The maximum Gasteiger partial charge on any atom is 0.141 e. The lowest BCUT2D eigenvalue weighted by Crippen LogP contribution is -2.46. The van der Waals surface area contributed by atoms with E-state index in [1.807, 2.05) is 18.2 Å². The van der Waals surface area contributed by atoms with Crippen molar-refractivity contribution in [2.45, 2.75) is 0 Å². The highest BCUT2D eigenvalue weighted by molar-refractivity contribution is 6.12. The van der Waals surface area contributed by atoms with Gasteiger partial charge in [0.2, 0.25) is 0 Å². The minimum Gasteiger partial charge on any atom is -0.496 e. The van der Waals surface area contributed by atoms with E-state index >= 15 is 0 Å². The average molecular weight is 363 g/mol. The summed E-state index contributed by atoms with van der Waals surface area (Å²) in [5.41, 5.74) is 1.70. The Balaban J connectivity index is 1.93. The number of nitrogens with one attached hydrogen (secondary N) is 1. The van der Waals surface area contributed by atoms with Crippen LogP contribution in [0, 0.1) is 5.82 Å². The molecule has 1 fully saturated rings. The van der Waals surface area contributed by atoms with Crippen molar-refractivity contribution >= 4 is 22.3 Å². The molecule has 3 aromatic rings. The molecule has 27 heavy (non-hydrogen) atoms. The highest BCUT2D eigenvalue weighted by atomic mass is 19.1. The Morgan fingerprint density at radius 1 is 1.00 bits per heavy atom. The van der Waals surface area contributed by atoms with E-state index in [0.29, 0.717) is 0 Å². The van der Waals surface area contributed by atoms with Crippen molar-refractivity contribution in [3.63, 3.8) is 0 Å². The highest BCUT2D eigenvalue weighted by Gasteiger charge is 2.22. The van der Waals surface area contributed by atoms with Crippen LogP contribution in [-0.4, -0.2) is 44.0 Å². The first kappa shape index (κ1) is 17.5. The lowest BCUT2D eigenvalue weighted by atomic mass is 10.0. The van der Waals surface area contributed by atoms with Crippen molar-refractivity contribution in [1.29, 1.82) is 0 Å². The van der Waals surface area contributed by atoms with E-state index in [0.717, 1.165) is 59.8 Å². The maximum atomic E-state index is 13.3. The van der Waals surface area contributed by atoms with Gasteiger partial charge in [0.05, 0.1) is 18.4 Å². The fraction of sp³-hybridized carbons (Fsp3) is 0.227. The van der Waals surface area contributed by atoms with Gasteiger partial charge in [-0.1, -0.05) is 30.3 Å². The summed E-state index contributed by atoms with van der Waals surface area (Å²) in [5, 5.41) is 5.61. The van der Waals surface area contributed by atoms with E-state index in [1.165, 1.54) is 12.1 Å². The average Bonchev–Trinajstić information content (AvgIpc) is 2.73. The molecule has 0 spiro atoms. The minimum absolute atomic E-state index is 0.264. The number of benzene rings is 3. The summed E-state index contributed by atoms with van der Waals surface area (Å²) < 4.78 is 19.0. The van der Waals surface area contributed by atoms with Gasteiger partial charge in [-0.2, -0.15) is 0 Å². The monoisotopic (exact) mass is 363 g/mol. The first-order valence-electron chi connectivity index (χ1n) is 9.12. The maximum absolute atomic E-state index is 13.3. The Hall–Kier alpha value is -2.92. The number of piperazine rings is 1. The second-order valence-electron chi connectivity index (χ2n) is 6.51. The molecule has 0 unspecified atom stereocenters. The van der Waals surface area contributed by atoms with E-state index in [-0.39, 0.29) is 5.82 Å². The van der Waals surface area contributed by atoms with Gasteiger partial charge in [0.15, 0.2) is 0 Å². The third-order valence-electron chi connectivity index (χ3n) is 4.81. The molecule has 0 atom stereocenters. The van der Waals surface area contributed by atoms with Crippen LogP contribution in [0.25, 0.3) is 10.8 Å². The van der Waals surface area contributed by atoms with Crippen molar-refractivity contribution in [2.24, 2.45) is 4.99 Å². The SMILES string of the molecule is COc1ccc2ccccc2c1C(=Nc1ccc(F)cc1)N1CCNCC1. The molecule has 0 saturated carbocycles. The summed E-state index contributed by atoms with van der Waals surface area (Å²) >= 11 is 0. The number of hydrogen-bond donors (Lipinski definition) is 1. The number of amidine groups is 1. The Bertz CT molecular complexity index is 963. The van der Waals surface area contributed by atoms with Crippen molar-refractivity contribution in [3.8, 4) is 5.75 Å². The Morgan fingerprint density at radius 2 is 1.74 bits per heavy atom. The first-order chi connectivity index (χ1) is 13.3. The number of rotatable bonds is 3. The molecule has 0 aliphatic carbocycles. The molecular formula is C22H22FN3O. The van der Waals surface area contributed by atoms with Gasteiger partial charge in [0.25, 0.3) is 0 Å². The van der Waals surface area contributed by atoms with Crippen molar-refractivity contribution in [1.82, 2.24) is 10.2 Å². The summed E-state index contributed by atoms with van der Waals surface area (Å²) in [7, 11) is 1.68. The molecule has 3 aromatic carbocycles. The van der Waals surface area contributed by atoms with Gasteiger partial charge in [-0.15, -0.1) is 0 Å². The summed E-state index contributed by atoms with van der Waals surface area (Å²) in [6, 6.07) is 18.6. The number of aliphatic imine (C=N–C) groups is 1. The van der Waals surface area contributed by atoms with Crippen LogP contribution in [-0.2, 0) is 0 Å². The molecule has 4 rings (SSSR count). The molecule has 1 heterocycles. The molecule has 1 aliphatic rings. The van der Waals surface area contributed by atoms with Crippen molar-refractivity contribution in [2.75, 3.05) is 33.3 Å². The lowest BCUT2D eigenvalue weighted by molar-refractivity contribution is 0.356. The number of fused-ring (bicyclic) bond motifs is 1. The molecule has 0 amide bonds. The van der Waals surface area contributed by atoms with Crippen molar-refractivity contribution < 1.29 is 9.13 Å². The molecule has 0 aromatic heterocycles. The van der Waals surface area contributed by atoms with Crippen LogP contribution in [0.1, 0.15) is 5.56 Å². The number of methoxy groups -OCH3 is 1. The van der Waals surface area contributed by atoms with Crippen LogP contribution in [0.2, 0.25) is 0 Å². The molecule has 1 saturated heterocycles. The van der Waals surface area contributed by atoms with E-state index in [4.69, 9.17) is 9.73 Å². The zero-order chi connectivity index (χ0) is 18.6. The Labute approximate surface area is 158 Å². The van der Waals surface area contributed by atoms with E-state index in [2.05, 4.69) is 28.4 Å². The molecule has 0 radical (unpaired) electrons. The van der Waals surface area contributed by atoms with Crippen LogP contribution in [0.4, 0.5) is 10.1 Å². The van der Waals surface area contributed by atoms with Gasteiger partial charge >= 0.3 is 0 Å². The minimum atomic E-state index is -0.264. The second kappa shape index (κ2) is 7.76. The quantitative estimate of drug-likeness (QED) is 0.565. The van der Waals surface area contributed by atoms with E-state index < -0.39 is 0 Å². The zero-order valence-corrected chi connectivity index (χ0v) is 15.3. The molecule has 1 N–H and O–H groups in total. The largest absolute Gasteiger partial charge is 0.496 e. The van der Waals surface area contributed by atoms with E-state index in [1.54, 1.807) is 19.2 Å². The molecule has 5 heteroatoms. The standard InChI is InChI=1S/C22H22FN3O/c1-27-20-11-6-16-4-2-3-5-19(16)21(20)22(26-14-12-24-13-15-26)25-18-9-7-17(23)8-10-18/h2-11,24H,12-15H2,1H3. The topological polar surface area (TPSA) is 36.9 Å². The van der Waals surface area contributed by atoms with E-state index in [9.17, 15) is 4.39 Å². The number of nitrogens with zero attached hydrogens (tertiary/aromatic N) is 2. The predicted molar refractivity (Wildman–Crippen MR) is 108 cm³/mol. The second-order valence-corrected chi connectivity index (χ2v) is 6.51. The first-order valence-corrected chi connectivity index (χ1v) is 9.12. The summed E-state index contributed by atoms with van der Waals surface area (Å²) in [4.78, 5) is 7.19. The van der Waals surface area contributed by atoms with Crippen LogP contribution >= 0.6 is 0 Å². The lowest BCUT2D eigenvalue weighted by Gasteiger charge is -2.31. The Kier molecular flexibility index (Phi) is 5.03. The molecular weight excluding hydrogens is 341 g/mol. The van der Waals surface area contributed by atoms with Crippen LogP contribution < -0.4 is 10.1 Å². The number of hydrogen-bond acceptors (Lipinski definition) is 3. The summed E-state index contributed by atoms with van der Waals surface area (Å²) in [5.74, 6) is 1.38. The van der Waals surface area contributed by atoms with Gasteiger partial charge in [-0.05, 0) is 41.1 Å². The number of halogens is 1. The smallest absolute Gasteiger partial charge is 0.141 e. The Morgan fingerprint density at radius 3 is 2.48 bits per heavy atom. The molecule has 4 nitrogen and oxygen atoms in total. The summed E-state index contributed by atoms with van der Waals surface area (Å²) in [6.45, 7) is 3.50. The van der Waals surface area contributed by atoms with Gasteiger partial charge < -0.3 is 15.0 Å². The van der Waals surface area contributed by atoms with Gasteiger partial charge in [0.1, 0.15) is 17.4 Å². The molecule has 1 aliphatic heterocycles. The predicted octanol–water partition coefficient (Wildman–Crippen LogP) is 3.97. The zero-order valence-electron chi connectivity index (χ0n) is 15.3. The highest BCUT2D eigenvalue weighted by Crippen LogP contribution is 2.31. The third-order valence-corrected chi connectivity index (χ3v) is 4.81. The normalized spacial score (nSPS) is 15.2. The molecule has 0 bridgehead atoms. The number of ether oxygens (including phenoxy) is 1. The van der Waals surface area contributed by atoms with Gasteiger partial charge in [-0.25, -0.2) is 9.38 Å². The fourth-order valence-corrected chi connectivity index (χ4v) is 3.45. The van der Waals surface area contributed by atoms with Crippen LogP contribution in [0.15, 0.2) is 65.7 Å². The van der Waals surface area contributed by atoms with Crippen LogP contribution in [0.5, 0.6) is 5.75 Å². The summed E-state index contributed by atoms with van der Waals surface area (Å²) in [6.07, 6.45) is 0. The van der Waals surface area contributed by atoms with Gasteiger partial charge in [-0.3, -0.25) is 0 Å². The van der Waals surface area contributed by atoms with Crippen molar-refractivity contribution in [3.05, 3.63) is 72.0 Å². The fourth-order valence-electron chi connectivity index (χ4n) is 3.45. The molecule has 138 valence electrons.